The summed E-state index contributed by atoms with van der Waals surface area (Å²) in [5.74, 6) is 0.796. The number of benzene rings is 2. The Hall–Kier alpha value is -0.530. The third kappa shape index (κ3) is 4.97. The molecule has 2 nitrogen and oxygen atoms in total. The van der Waals surface area contributed by atoms with Crippen LogP contribution in [-0.2, 0) is 6.42 Å². The molecule has 0 aliphatic rings. The van der Waals surface area contributed by atoms with Gasteiger partial charge in [-0.05, 0) is 90.2 Å². The minimum atomic E-state index is 0.363. The van der Waals surface area contributed by atoms with E-state index in [1.807, 2.05) is 32.0 Å². The summed E-state index contributed by atoms with van der Waals surface area (Å²) in [6.07, 6.45) is 3.12. The number of rotatable bonds is 6. The van der Waals surface area contributed by atoms with Crippen LogP contribution in [0, 0.1) is 17.4 Å². The average molecular weight is 460 g/mol. The number of hydrogen-bond donors (Lipinski definition) is 2. The van der Waals surface area contributed by atoms with Crippen molar-refractivity contribution in [2.75, 3.05) is 0 Å². The summed E-state index contributed by atoms with van der Waals surface area (Å²) in [7, 11) is 3.36. The van der Waals surface area contributed by atoms with Crippen LogP contribution < -0.4 is 0 Å². The van der Waals surface area contributed by atoms with Gasteiger partial charge in [-0.15, -0.1) is 0 Å². The van der Waals surface area contributed by atoms with Crippen molar-refractivity contribution in [3.8, 4) is 11.5 Å². The molecule has 2 aromatic rings. The van der Waals surface area contributed by atoms with E-state index in [1.54, 1.807) is 21.6 Å². The molecule has 0 radical (unpaired) electrons. The molecule has 124 valence electrons. The van der Waals surface area contributed by atoms with Crippen LogP contribution in [-0.4, -0.2) is 10.2 Å². The first-order valence-corrected chi connectivity index (χ1v) is 10.8. The first-order valence-electron chi connectivity index (χ1n) is 7.58. The Balaban J connectivity index is 2.15. The minimum absolute atomic E-state index is 0.363. The Morgan fingerprint density at radius 3 is 2.04 bits per heavy atom. The van der Waals surface area contributed by atoms with E-state index in [-0.39, 0.29) is 0 Å². The maximum Gasteiger partial charge on any atom is 0.131 e. The van der Waals surface area contributed by atoms with E-state index < -0.39 is 0 Å². The SMILES string of the molecule is CCCCc1cc(SSc2cc(C)c(O)c(I)c2)cc(C)c1O. The Morgan fingerprint density at radius 1 is 0.913 bits per heavy atom. The minimum Gasteiger partial charge on any atom is -0.507 e. The predicted molar refractivity (Wildman–Crippen MR) is 109 cm³/mol. The fourth-order valence-electron chi connectivity index (χ4n) is 2.27. The number of aryl methyl sites for hydroxylation is 3. The highest BCUT2D eigenvalue weighted by Crippen LogP contribution is 2.42. The molecule has 0 unspecified atom stereocenters. The molecule has 0 fully saturated rings. The molecule has 0 aliphatic heterocycles. The van der Waals surface area contributed by atoms with E-state index in [2.05, 4.69) is 35.6 Å². The van der Waals surface area contributed by atoms with Crippen LogP contribution in [0.25, 0.3) is 0 Å². The third-order valence-corrected chi connectivity index (χ3v) is 6.78. The van der Waals surface area contributed by atoms with E-state index in [0.717, 1.165) is 49.3 Å². The van der Waals surface area contributed by atoms with Crippen LogP contribution in [0.1, 0.15) is 36.5 Å². The molecule has 5 heteroatoms. The molecule has 0 bridgehead atoms. The van der Waals surface area contributed by atoms with Crippen LogP contribution >= 0.6 is 44.2 Å². The smallest absolute Gasteiger partial charge is 0.131 e. The molecule has 2 N–H and O–H groups in total. The lowest BCUT2D eigenvalue weighted by molar-refractivity contribution is 0.462. The van der Waals surface area contributed by atoms with Crippen molar-refractivity contribution in [2.45, 2.75) is 49.8 Å². The monoisotopic (exact) mass is 460 g/mol. The van der Waals surface area contributed by atoms with Gasteiger partial charge in [-0.3, -0.25) is 0 Å². The molecule has 0 spiro atoms. The van der Waals surface area contributed by atoms with Crippen molar-refractivity contribution in [3.05, 3.63) is 44.5 Å². The fraction of sp³-hybridized carbons (Fsp3) is 0.333. The molecule has 23 heavy (non-hydrogen) atoms. The van der Waals surface area contributed by atoms with Gasteiger partial charge < -0.3 is 10.2 Å². The highest BCUT2D eigenvalue weighted by molar-refractivity contribution is 14.1. The molecule has 0 saturated carbocycles. The number of unbranched alkanes of at least 4 members (excludes halogenated alkanes) is 1. The summed E-state index contributed by atoms with van der Waals surface area (Å²) in [5.41, 5.74) is 2.86. The summed E-state index contributed by atoms with van der Waals surface area (Å²) in [5, 5.41) is 20.0. The second-order valence-corrected chi connectivity index (χ2v) is 9.03. The Morgan fingerprint density at radius 2 is 1.48 bits per heavy atom. The highest BCUT2D eigenvalue weighted by Gasteiger charge is 2.10. The van der Waals surface area contributed by atoms with Crippen LogP contribution in [0.15, 0.2) is 34.1 Å². The van der Waals surface area contributed by atoms with Crippen LogP contribution in [0.2, 0.25) is 0 Å². The maximum absolute atomic E-state index is 10.2. The van der Waals surface area contributed by atoms with Gasteiger partial charge in [0, 0.05) is 9.79 Å². The number of halogens is 1. The molecule has 0 aliphatic carbocycles. The van der Waals surface area contributed by atoms with Crippen molar-refractivity contribution in [1.82, 2.24) is 0 Å². The van der Waals surface area contributed by atoms with E-state index in [0.29, 0.717) is 11.5 Å². The Bertz CT molecular complexity index is 679. The molecular formula is C18H21IO2S2. The van der Waals surface area contributed by atoms with Gasteiger partial charge >= 0.3 is 0 Å². The number of phenolic OH excluding ortho intramolecular Hbond substituents is 2. The normalized spacial score (nSPS) is 11.0. The van der Waals surface area contributed by atoms with E-state index in [9.17, 15) is 10.2 Å². The third-order valence-electron chi connectivity index (χ3n) is 3.61. The van der Waals surface area contributed by atoms with E-state index in [1.165, 1.54) is 0 Å². The fourth-order valence-corrected chi connectivity index (χ4v) is 5.40. The zero-order valence-corrected chi connectivity index (χ0v) is 17.3. The summed E-state index contributed by atoms with van der Waals surface area (Å²) < 4.78 is 0.872. The van der Waals surface area contributed by atoms with Gasteiger partial charge in [-0.1, -0.05) is 34.9 Å². The first kappa shape index (κ1) is 18.8. The van der Waals surface area contributed by atoms with E-state index >= 15 is 0 Å². The molecule has 0 atom stereocenters. The number of hydrogen-bond acceptors (Lipinski definition) is 4. The molecular weight excluding hydrogens is 439 g/mol. The second-order valence-electron chi connectivity index (χ2n) is 5.59. The van der Waals surface area contributed by atoms with Crippen molar-refractivity contribution in [3.63, 3.8) is 0 Å². The standard InChI is InChI=1S/C18H21IO2S2/c1-4-5-6-13-9-14(7-11(2)17(13)20)22-23-15-8-12(3)18(21)16(19)10-15/h7-10,20-21H,4-6H2,1-3H3. The molecule has 0 saturated heterocycles. The first-order chi connectivity index (χ1) is 10.9. The zero-order valence-electron chi connectivity index (χ0n) is 13.5. The van der Waals surface area contributed by atoms with Crippen LogP contribution in [0.5, 0.6) is 11.5 Å². The van der Waals surface area contributed by atoms with Crippen molar-refractivity contribution >= 4 is 44.2 Å². The van der Waals surface area contributed by atoms with Crippen molar-refractivity contribution in [2.24, 2.45) is 0 Å². The molecule has 2 aromatic carbocycles. The van der Waals surface area contributed by atoms with Crippen molar-refractivity contribution < 1.29 is 10.2 Å². The number of phenols is 2. The molecule has 0 heterocycles. The molecule has 0 aromatic heterocycles. The Labute approximate surface area is 159 Å². The van der Waals surface area contributed by atoms with Gasteiger partial charge in [0.2, 0.25) is 0 Å². The van der Waals surface area contributed by atoms with Gasteiger partial charge in [0.15, 0.2) is 0 Å². The summed E-state index contributed by atoms with van der Waals surface area (Å²) in [6.45, 7) is 6.03. The predicted octanol–water partition coefficient (Wildman–Crippen LogP) is 6.46. The van der Waals surface area contributed by atoms with Gasteiger partial charge in [-0.25, -0.2) is 0 Å². The summed E-state index contributed by atoms with van der Waals surface area (Å²) in [4.78, 5) is 2.27. The largest absolute Gasteiger partial charge is 0.507 e. The zero-order chi connectivity index (χ0) is 17.0. The van der Waals surface area contributed by atoms with Crippen LogP contribution in [0.3, 0.4) is 0 Å². The van der Waals surface area contributed by atoms with Gasteiger partial charge in [0.05, 0.1) is 3.57 Å². The lowest BCUT2D eigenvalue weighted by Crippen LogP contribution is -1.89. The molecule has 2 rings (SSSR count). The number of aromatic hydroxyl groups is 2. The van der Waals surface area contributed by atoms with Crippen molar-refractivity contribution in [1.29, 1.82) is 0 Å². The van der Waals surface area contributed by atoms with Gasteiger partial charge in [-0.2, -0.15) is 0 Å². The quantitative estimate of drug-likeness (QED) is 0.383. The second kappa shape index (κ2) is 8.53. The highest BCUT2D eigenvalue weighted by atomic mass is 127. The summed E-state index contributed by atoms with van der Waals surface area (Å²) in [6, 6.07) is 8.11. The van der Waals surface area contributed by atoms with Crippen LogP contribution in [0.4, 0.5) is 0 Å². The Kier molecular flexibility index (Phi) is 6.98. The molecule has 0 amide bonds. The topological polar surface area (TPSA) is 40.5 Å². The lowest BCUT2D eigenvalue weighted by Gasteiger charge is -2.11. The average Bonchev–Trinajstić information content (AvgIpc) is 2.52. The lowest BCUT2D eigenvalue weighted by atomic mass is 10.0. The van der Waals surface area contributed by atoms with Gasteiger partial charge in [0.25, 0.3) is 0 Å². The maximum atomic E-state index is 10.2. The summed E-state index contributed by atoms with van der Waals surface area (Å²) >= 11 is 2.15. The van der Waals surface area contributed by atoms with Gasteiger partial charge in [0.1, 0.15) is 11.5 Å². The van der Waals surface area contributed by atoms with E-state index in [4.69, 9.17) is 0 Å².